The molecule has 152 valence electrons. The van der Waals surface area contributed by atoms with Crippen LogP contribution < -0.4 is 15.6 Å². The molecule has 3 aromatic rings. The number of nitrogens with zero attached hydrogens (tertiary/aromatic N) is 2. The van der Waals surface area contributed by atoms with Crippen molar-refractivity contribution in [2.45, 2.75) is 32.9 Å². The molecule has 0 unspecified atom stereocenters. The summed E-state index contributed by atoms with van der Waals surface area (Å²) < 4.78 is 21.1. The van der Waals surface area contributed by atoms with Crippen LogP contribution in [0.5, 0.6) is 5.75 Å². The molecule has 1 heterocycles. The largest absolute Gasteiger partial charge is 0.494 e. The zero-order valence-electron chi connectivity index (χ0n) is 16.5. The van der Waals surface area contributed by atoms with Gasteiger partial charge in [-0.25, -0.2) is 9.37 Å². The fourth-order valence-electron chi connectivity index (χ4n) is 2.96. The number of methoxy groups -OCH3 is 1. The topological polar surface area (TPSA) is 73.2 Å². The van der Waals surface area contributed by atoms with Crippen molar-refractivity contribution in [2.75, 3.05) is 7.11 Å². The van der Waals surface area contributed by atoms with Gasteiger partial charge >= 0.3 is 0 Å². The summed E-state index contributed by atoms with van der Waals surface area (Å²) in [5.41, 5.74) is 0.195. The number of halogens is 2. The molecule has 0 spiro atoms. The van der Waals surface area contributed by atoms with Gasteiger partial charge < -0.3 is 10.1 Å². The quantitative estimate of drug-likeness (QED) is 0.545. The molecule has 0 aliphatic rings. The van der Waals surface area contributed by atoms with Gasteiger partial charge in [-0.15, -0.1) is 0 Å². The van der Waals surface area contributed by atoms with E-state index in [9.17, 15) is 14.0 Å². The lowest BCUT2D eigenvalue weighted by molar-refractivity contribution is -0.123. The van der Waals surface area contributed by atoms with Gasteiger partial charge in [0.2, 0.25) is 5.91 Å². The first-order valence-corrected chi connectivity index (χ1v) is 10.0. The van der Waals surface area contributed by atoms with Crippen molar-refractivity contribution in [3.05, 3.63) is 56.1 Å². The minimum atomic E-state index is -0.522. The van der Waals surface area contributed by atoms with E-state index in [0.717, 1.165) is 3.57 Å². The van der Waals surface area contributed by atoms with Crippen LogP contribution in [0.2, 0.25) is 0 Å². The van der Waals surface area contributed by atoms with E-state index in [1.807, 2.05) is 26.8 Å². The third-order valence-electron chi connectivity index (χ3n) is 4.14. The van der Waals surface area contributed by atoms with Crippen molar-refractivity contribution in [1.29, 1.82) is 0 Å². The van der Waals surface area contributed by atoms with E-state index < -0.39 is 11.4 Å². The van der Waals surface area contributed by atoms with Crippen LogP contribution in [0.1, 0.15) is 20.8 Å². The Hall–Kier alpha value is -2.49. The van der Waals surface area contributed by atoms with Crippen LogP contribution in [0, 0.1) is 9.39 Å². The first kappa shape index (κ1) is 21.2. The average molecular weight is 509 g/mol. The number of benzene rings is 2. The zero-order valence-corrected chi connectivity index (χ0v) is 18.7. The van der Waals surface area contributed by atoms with Crippen LogP contribution in [0.25, 0.3) is 22.3 Å². The molecule has 0 atom stereocenters. The maximum Gasteiger partial charge on any atom is 0.262 e. The van der Waals surface area contributed by atoms with Gasteiger partial charge in [0.25, 0.3) is 5.56 Å². The number of carbonyl (C=O) groups excluding carboxylic acids is 1. The predicted molar refractivity (Wildman–Crippen MR) is 119 cm³/mol. The first-order valence-electron chi connectivity index (χ1n) is 8.94. The highest BCUT2D eigenvalue weighted by Crippen LogP contribution is 2.26. The molecule has 6 nitrogen and oxygen atoms in total. The molecule has 0 saturated carbocycles. The Kier molecular flexibility index (Phi) is 5.92. The smallest absolute Gasteiger partial charge is 0.262 e. The highest BCUT2D eigenvalue weighted by Gasteiger charge is 2.19. The van der Waals surface area contributed by atoms with Crippen molar-refractivity contribution >= 4 is 39.4 Å². The SMILES string of the molecule is COc1cc(-c2nc3ccc(I)cc3c(=O)n2CC(=O)NC(C)(C)C)ccc1F. The van der Waals surface area contributed by atoms with E-state index in [1.165, 1.54) is 29.9 Å². The second-order valence-corrected chi connectivity index (χ2v) is 8.88. The third kappa shape index (κ3) is 4.75. The summed E-state index contributed by atoms with van der Waals surface area (Å²) in [4.78, 5) is 30.4. The standard InChI is InChI=1S/C21H21FIN3O3/c1-21(2,3)25-18(27)11-26-19(12-5-7-15(22)17(9-12)29-4)24-16-8-6-13(23)10-14(16)20(26)28/h5-10H,11H2,1-4H3,(H,25,27). The molecular weight excluding hydrogens is 488 g/mol. The molecule has 0 saturated heterocycles. The predicted octanol–water partition coefficient (Wildman–Crippen LogP) is 3.73. The number of ether oxygens (including phenoxy) is 1. The van der Waals surface area contributed by atoms with Crippen molar-refractivity contribution in [2.24, 2.45) is 0 Å². The number of rotatable bonds is 4. The summed E-state index contributed by atoms with van der Waals surface area (Å²) in [7, 11) is 1.36. The van der Waals surface area contributed by atoms with E-state index in [-0.39, 0.29) is 29.6 Å². The highest BCUT2D eigenvalue weighted by atomic mass is 127. The summed E-state index contributed by atoms with van der Waals surface area (Å²) in [6.45, 7) is 5.38. The Morgan fingerprint density at radius 1 is 1.24 bits per heavy atom. The lowest BCUT2D eigenvalue weighted by atomic mass is 10.1. The van der Waals surface area contributed by atoms with Crippen LogP contribution in [0.3, 0.4) is 0 Å². The Morgan fingerprint density at radius 2 is 1.97 bits per heavy atom. The molecule has 29 heavy (non-hydrogen) atoms. The van der Waals surface area contributed by atoms with E-state index in [0.29, 0.717) is 16.5 Å². The Morgan fingerprint density at radius 3 is 2.62 bits per heavy atom. The van der Waals surface area contributed by atoms with Gasteiger partial charge in [-0.2, -0.15) is 0 Å². The van der Waals surface area contributed by atoms with Crippen LogP contribution in [0.4, 0.5) is 4.39 Å². The average Bonchev–Trinajstić information content (AvgIpc) is 2.63. The minimum absolute atomic E-state index is 0.0325. The maximum atomic E-state index is 13.9. The number of hydrogen-bond donors (Lipinski definition) is 1. The molecule has 8 heteroatoms. The third-order valence-corrected chi connectivity index (χ3v) is 4.81. The Bertz CT molecular complexity index is 1150. The van der Waals surface area contributed by atoms with Crippen LogP contribution in [-0.2, 0) is 11.3 Å². The van der Waals surface area contributed by atoms with Gasteiger partial charge in [0.1, 0.15) is 12.4 Å². The van der Waals surface area contributed by atoms with Gasteiger partial charge in [0, 0.05) is 14.7 Å². The fraction of sp³-hybridized carbons (Fsp3) is 0.286. The van der Waals surface area contributed by atoms with Crippen LogP contribution >= 0.6 is 22.6 Å². The van der Waals surface area contributed by atoms with E-state index in [2.05, 4.69) is 32.9 Å². The van der Waals surface area contributed by atoms with E-state index in [1.54, 1.807) is 12.1 Å². The summed E-state index contributed by atoms with van der Waals surface area (Å²) >= 11 is 2.12. The number of fused-ring (bicyclic) bond motifs is 1. The van der Waals surface area contributed by atoms with Gasteiger partial charge in [0.05, 0.1) is 18.0 Å². The van der Waals surface area contributed by atoms with Gasteiger partial charge in [-0.3, -0.25) is 14.2 Å². The van der Waals surface area contributed by atoms with Crippen LogP contribution in [0.15, 0.2) is 41.2 Å². The molecule has 1 amide bonds. The molecule has 2 aromatic carbocycles. The zero-order chi connectivity index (χ0) is 21.3. The lowest BCUT2D eigenvalue weighted by Gasteiger charge is -2.21. The molecule has 1 aromatic heterocycles. The summed E-state index contributed by atoms with van der Waals surface area (Å²) in [5.74, 6) is -0.538. The van der Waals surface area contributed by atoms with E-state index >= 15 is 0 Å². The summed E-state index contributed by atoms with van der Waals surface area (Å²) in [6, 6.07) is 9.56. The molecule has 0 bridgehead atoms. The van der Waals surface area contributed by atoms with Gasteiger partial charge in [-0.1, -0.05) is 0 Å². The molecule has 0 aliphatic carbocycles. The molecule has 3 rings (SSSR count). The van der Waals surface area contributed by atoms with Crippen molar-refractivity contribution in [1.82, 2.24) is 14.9 Å². The molecular formula is C21H21FIN3O3. The summed E-state index contributed by atoms with van der Waals surface area (Å²) in [5, 5.41) is 3.27. The van der Waals surface area contributed by atoms with Crippen molar-refractivity contribution < 1.29 is 13.9 Å². The van der Waals surface area contributed by atoms with Crippen LogP contribution in [-0.4, -0.2) is 28.1 Å². The van der Waals surface area contributed by atoms with Crippen molar-refractivity contribution in [3.8, 4) is 17.1 Å². The second-order valence-electron chi connectivity index (χ2n) is 7.64. The number of nitrogens with one attached hydrogen (secondary N) is 1. The lowest BCUT2D eigenvalue weighted by Crippen LogP contribution is -2.43. The molecule has 0 radical (unpaired) electrons. The Labute approximate surface area is 181 Å². The molecule has 1 N–H and O–H groups in total. The molecule has 0 aliphatic heterocycles. The van der Waals surface area contributed by atoms with Crippen molar-refractivity contribution in [3.63, 3.8) is 0 Å². The second kappa shape index (κ2) is 8.10. The van der Waals surface area contributed by atoms with Gasteiger partial charge in [-0.05, 0) is 79.8 Å². The highest BCUT2D eigenvalue weighted by molar-refractivity contribution is 14.1. The number of amides is 1. The molecule has 0 fully saturated rings. The minimum Gasteiger partial charge on any atom is -0.494 e. The monoisotopic (exact) mass is 509 g/mol. The summed E-state index contributed by atoms with van der Waals surface area (Å²) in [6.07, 6.45) is 0. The maximum absolute atomic E-state index is 13.9. The van der Waals surface area contributed by atoms with Gasteiger partial charge in [0.15, 0.2) is 11.6 Å². The van der Waals surface area contributed by atoms with E-state index in [4.69, 9.17) is 4.74 Å². The normalized spacial score (nSPS) is 11.5. The fourth-order valence-corrected chi connectivity index (χ4v) is 3.45. The number of carbonyl (C=O) groups is 1. The number of aromatic nitrogens is 2. The Balaban J connectivity index is 2.23. The first-order chi connectivity index (χ1) is 13.6. The number of hydrogen-bond acceptors (Lipinski definition) is 4.